The van der Waals surface area contributed by atoms with Crippen molar-refractivity contribution >= 4 is 5.91 Å². The highest BCUT2D eigenvalue weighted by Crippen LogP contribution is 2.37. The lowest BCUT2D eigenvalue weighted by Gasteiger charge is -2.07. The van der Waals surface area contributed by atoms with Crippen LogP contribution in [-0.4, -0.2) is 21.1 Å². The van der Waals surface area contributed by atoms with Gasteiger partial charge in [-0.2, -0.15) is 0 Å². The topological polar surface area (TPSA) is 96.7 Å². The van der Waals surface area contributed by atoms with Crippen molar-refractivity contribution in [3.63, 3.8) is 0 Å². The summed E-state index contributed by atoms with van der Waals surface area (Å²) in [6.07, 6.45) is 2.25. The molecule has 1 aliphatic carbocycles. The second kappa shape index (κ2) is 5.42. The number of H-pyrrole nitrogens is 1. The number of aromatic amines is 1. The second-order valence-electron chi connectivity index (χ2n) is 4.97. The van der Waals surface area contributed by atoms with Crippen LogP contribution in [0.3, 0.4) is 0 Å². The number of amides is 1. The van der Waals surface area contributed by atoms with Crippen LogP contribution in [0, 0.1) is 0 Å². The standard InChI is InChI=1S/C14H17N5O/c15-7-10-3-1-2-4-11(10)8-16-14(20)13-17-12(18-19-13)9-5-6-9/h1-4,9H,5-8,15H2,(H,16,20)(H,17,18,19). The summed E-state index contributed by atoms with van der Waals surface area (Å²) in [5.41, 5.74) is 7.71. The summed E-state index contributed by atoms with van der Waals surface area (Å²) in [5, 5.41) is 9.61. The highest BCUT2D eigenvalue weighted by Gasteiger charge is 2.28. The molecule has 1 aromatic heterocycles. The molecule has 0 radical (unpaired) electrons. The van der Waals surface area contributed by atoms with E-state index in [1.165, 1.54) is 0 Å². The number of rotatable bonds is 5. The zero-order chi connectivity index (χ0) is 13.9. The molecule has 3 rings (SSSR count). The van der Waals surface area contributed by atoms with Crippen molar-refractivity contribution in [1.29, 1.82) is 0 Å². The number of carbonyl (C=O) groups is 1. The Bertz CT molecular complexity index is 618. The fraction of sp³-hybridized carbons (Fsp3) is 0.357. The van der Waals surface area contributed by atoms with E-state index in [4.69, 9.17) is 5.73 Å². The highest BCUT2D eigenvalue weighted by molar-refractivity contribution is 5.90. The van der Waals surface area contributed by atoms with Gasteiger partial charge in [-0.15, -0.1) is 5.10 Å². The molecule has 1 saturated carbocycles. The van der Waals surface area contributed by atoms with Gasteiger partial charge in [-0.3, -0.25) is 9.89 Å². The van der Waals surface area contributed by atoms with E-state index in [-0.39, 0.29) is 11.7 Å². The van der Waals surface area contributed by atoms with Crippen LogP contribution in [0.2, 0.25) is 0 Å². The number of hydrogen-bond donors (Lipinski definition) is 3. The first-order valence-corrected chi connectivity index (χ1v) is 6.75. The zero-order valence-corrected chi connectivity index (χ0v) is 11.1. The largest absolute Gasteiger partial charge is 0.345 e. The van der Waals surface area contributed by atoms with Crippen LogP contribution in [0.15, 0.2) is 24.3 Å². The third-order valence-corrected chi connectivity index (χ3v) is 3.45. The molecular weight excluding hydrogens is 254 g/mol. The van der Waals surface area contributed by atoms with E-state index in [2.05, 4.69) is 20.5 Å². The molecule has 0 bridgehead atoms. The number of nitrogens with two attached hydrogens (primary N) is 1. The quantitative estimate of drug-likeness (QED) is 0.757. The molecule has 104 valence electrons. The van der Waals surface area contributed by atoms with Crippen molar-refractivity contribution < 1.29 is 4.79 Å². The predicted molar refractivity (Wildman–Crippen MR) is 73.9 cm³/mol. The molecule has 4 N–H and O–H groups in total. The Labute approximate surface area is 116 Å². The van der Waals surface area contributed by atoms with Gasteiger partial charge < -0.3 is 11.1 Å². The molecule has 0 atom stereocenters. The molecule has 1 heterocycles. The van der Waals surface area contributed by atoms with Gasteiger partial charge >= 0.3 is 0 Å². The van der Waals surface area contributed by atoms with Crippen molar-refractivity contribution in [1.82, 2.24) is 20.5 Å². The Morgan fingerprint density at radius 2 is 2.10 bits per heavy atom. The van der Waals surface area contributed by atoms with Gasteiger partial charge in [0.15, 0.2) is 0 Å². The predicted octanol–water partition coefficient (Wildman–Crippen LogP) is 1.07. The van der Waals surface area contributed by atoms with Crippen molar-refractivity contribution in [2.24, 2.45) is 5.73 Å². The third kappa shape index (κ3) is 2.70. The van der Waals surface area contributed by atoms with Gasteiger partial charge in [-0.1, -0.05) is 24.3 Å². The van der Waals surface area contributed by atoms with Crippen molar-refractivity contribution in [3.8, 4) is 0 Å². The van der Waals surface area contributed by atoms with E-state index in [0.29, 0.717) is 19.0 Å². The van der Waals surface area contributed by atoms with E-state index in [9.17, 15) is 4.79 Å². The van der Waals surface area contributed by atoms with Crippen LogP contribution in [0.25, 0.3) is 0 Å². The number of hydrogen-bond acceptors (Lipinski definition) is 4. The summed E-state index contributed by atoms with van der Waals surface area (Å²) in [5.74, 6) is 1.22. The third-order valence-electron chi connectivity index (χ3n) is 3.45. The van der Waals surface area contributed by atoms with Gasteiger partial charge in [0.25, 0.3) is 5.91 Å². The van der Waals surface area contributed by atoms with E-state index in [0.717, 1.165) is 29.8 Å². The fourth-order valence-electron chi connectivity index (χ4n) is 2.10. The summed E-state index contributed by atoms with van der Waals surface area (Å²) in [6, 6.07) is 7.78. The van der Waals surface area contributed by atoms with Crippen LogP contribution in [0.1, 0.15) is 46.3 Å². The SMILES string of the molecule is NCc1ccccc1CNC(=O)c1n[nH]c(C2CC2)n1. The first-order chi connectivity index (χ1) is 9.78. The molecule has 20 heavy (non-hydrogen) atoms. The lowest BCUT2D eigenvalue weighted by molar-refractivity contribution is 0.0941. The van der Waals surface area contributed by atoms with Crippen LogP contribution in [0.4, 0.5) is 0 Å². The molecule has 0 unspecified atom stereocenters. The minimum Gasteiger partial charge on any atom is -0.345 e. The summed E-state index contributed by atoms with van der Waals surface area (Å²) >= 11 is 0. The first-order valence-electron chi connectivity index (χ1n) is 6.75. The van der Waals surface area contributed by atoms with Gasteiger partial charge in [0.05, 0.1) is 0 Å². The van der Waals surface area contributed by atoms with Crippen molar-refractivity contribution in [2.45, 2.75) is 31.8 Å². The molecule has 6 nitrogen and oxygen atoms in total. The molecule has 1 amide bonds. The second-order valence-corrected chi connectivity index (χ2v) is 4.97. The zero-order valence-electron chi connectivity index (χ0n) is 11.1. The summed E-state index contributed by atoms with van der Waals surface area (Å²) in [7, 11) is 0. The molecular formula is C14H17N5O. The van der Waals surface area contributed by atoms with E-state index >= 15 is 0 Å². The number of benzene rings is 1. The maximum absolute atomic E-state index is 12.0. The fourth-order valence-corrected chi connectivity index (χ4v) is 2.10. The monoisotopic (exact) mass is 271 g/mol. The van der Waals surface area contributed by atoms with E-state index in [1.54, 1.807) is 0 Å². The Hall–Kier alpha value is -2.21. The molecule has 2 aromatic rings. The number of aromatic nitrogens is 3. The Morgan fingerprint density at radius 3 is 2.80 bits per heavy atom. The number of nitrogens with one attached hydrogen (secondary N) is 2. The molecule has 6 heteroatoms. The minimum absolute atomic E-state index is 0.206. The van der Waals surface area contributed by atoms with Crippen LogP contribution in [-0.2, 0) is 13.1 Å². The Morgan fingerprint density at radius 1 is 1.35 bits per heavy atom. The number of nitrogens with zero attached hydrogens (tertiary/aromatic N) is 2. The van der Waals surface area contributed by atoms with Crippen LogP contribution >= 0.6 is 0 Å². The summed E-state index contributed by atoms with van der Waals surface area (Å²) in [6.45, 7) is 0.887. The highest BCUT2D eigenvalue weighted by atomic mass is 16.2. The van der Waals surface area contributed by atoms with Gasteiger partial charge in [0.1, 0.15) is 5.82 Å². The molecule has 1 aliphatic rings. The van der Waals surface area contributed by atoms with Gasteiger partial charge in [0, 0.05) is 19.0 Å². The smallest absolute Gasteiger partial charge is 0.291 e. The van der Waals surface area contributed by atoms with Crippen molar-refractivity contribution in [2.75, 3.05) is 0 Å². The maximum Gasteiger partial charge on any atom is 0.291 e. The Balaban J connectivity index is 1.63. The molecule has 0 spiro atoms. The lowest BCUT2D eigenvalue weighted by Crippen LogP contribution is -2.24. The first kappa shape index (κ1) is 12.8. The van der Waals surface area contributed by atoms with E-state index in [1.807, 2.05) is 24.3 Å². The van der Waals surface area contributed by atoms with Gasteiger partial charge in [0.2, 0.25) is 5.82 Å². The lowest BCUT2D eigenvalue weighted by atomic mass is 10.1. The Kier molecular flexibility index (Phi) is 3.47. The molecule has 0 saturated heterocycles. The number of carbonyl (C=O) groups excluding carboxylic acids is 1. The van der Waals surface area contributed by atoms with E-state index < -0.39 is 0 Å². The van der Waals surface area contributed by atoms with Gasteiger partial charge in [-0.25, -0.2) is 4.98 Å². The minimum atomic E-state index is -0.264. The average molecular weight is 271 g/mol. The van der Waals surface area contributed by atoms with Crippen LogP contribution < -0.4 is 11.1 Å². The maximum atomic E-state index is 12.0. The van der Waals surface area contributed by atoms with Crippen molar-refractivity contribution in [3.05, 3.63) is 47.0 Å². The average Bonchev–Trinajstić information content (AvgIpc) is 3.22. The van der Waals surface area contributed by atoms with Crippen LogP contribution in [0.5, 0.6) is 0 Å². The summed E-state index contributed by atoms with van der Waals surface area (Å²) in [4.78, 5) is 16.2. The molecule has 1 fully saturated rings. The summed E-state index contributed by atoms with van der Waals surface area (Å²) < 4.78 is 0. The molecule has 0 aliphatic heterocycles. The normalized spacial score (nSPS) is 14.2. The molecule has 1 aromatic carbocycles. The van der Waals surface area contributed by atoms with Gasteiger partial charge in [-0.05, 0) is 24.0 Å².